The van der Waals surface area contributed by atoms with Gasteiger partial charge in [-0.2, -0.15) is 0 Å². The van der Waals surface area contributed by atoms with E-state index in [0.29, 0.717) is 25.1 Å². The lowest BCUT2D eigenvalue weighted by Gasteiger charge is -2.28. The third kappa shape index (κ3) is 6.33. The first-order valence-electron chi connectivity index (χ1n) is 8.98. The summed E-state index contributed by atoms with van der Waals surface area (Å²) in [5.74, 6) is -0.321. The average molecular weight is 443 g/mol. The minimum Gasteiger partial charge on any atom is -0.495 e. The van der Waals surface area contributed by atoms with Crippen LogP contribution in [0.1, 0.15) is 18.9 Å². The van der Waals surface area contributed by atoms with Crippen LogP contribution in [0.3, 0.4) is 0 Å². The molecule has 0 saturated heterocycles. The number of carbonyl (C=O) groups is 1. The Hall–Kier alpha value is -2.32. The number of nitrogens with one attached hydrogen (secondary N) is 1. The third-order valence-corrected chi connectivity index (χ3v) is 5.87. The Bertz CT molecular complexity index is 951. The van der Waals surface area contributed by atoms with Gasteiger partial charge in [-0.3, -0.25) is 9.10 Å². The Labute approximate surface area is 175 Å². The maximum Gasteiger partial charge on any atom is 0.243 e. The highest BCUT2D eigenvalue weighted by atomic mass is 35.5. The molecule has 9 heteroatoms. The van der Waals surface area contributed by atoms with Gasteiger partial charge in [-0.25, -0.2) is 12.8 Å². The van der Waals surface area contributed by atoms with Crippen LogP contribution in [0.2, 0.25) is 5.02 Å². The Balaban J connectivity index is 2.03. The van der Waals surface area contributed by atoms with E-state index < -0.39 is 22.0 Å². The van der Waals surface area contributed by atoms with Crippen LogP contribution < -0.4 is 14.4 Å². The van der Waals surface area contributed by atoms with E-state index in [-0.39, 0.29) is 16.5 Å². The SMILES string of the molecule is COc1ccc(N([C@H](C)C(=O)NCCCc2ccc(F)cc2)S(C)(=O)=O)cc1Cl. The number of hydrogen-bond acceptors (Lipinski definition) is 4. The maximum atomic E-state index is 12.9. The van der Waals surface area contributed by atoms with Crippen LogP contribution in [-0.4, -0.2) is 40.3 Å². The van der Waals surface area contributed by atoms with Crippen molar-refractivity contribution in [2.45, 2.75) is 25.8 Å². The summed E-state index contributed by atoms with van der Waals surface area (Å²) < 4.78 is 43.7. The number of halogens is 2. The zero-order chi connectivity index (χ0) is 21.6. The van der Waals surface area contributed by atoms with E-state index in [0.717, 1.165) is 16.1 Å². The summed E-state index contributed by atoms with van der Waals surface area (Å²) in [6.07, 6.45) is 2.33. The standard InChI is InChI=1S/C20H24ClFN2O4S/c1-14(20(25)23-12-4-5-15-6-8-16(22)9-7-15)24(29(3,26)27)17-10-11-19(28-2)18(21)13-17/h6-11,13-14H,4-5,12H2,1-3H3,(H,23,25)/t14-/m1/s1. The molecule has 0 bridgehead atoms. The molecule has 2 rings (SSSR count). The van der Waals surface area contributed by atoms with Gasteiger partial charge in [-0.15, -0.1) is 0 Å². The van der Waals surface area contributed by atoms with Gasteiger partial charge in [0.1, 0.15) is 17.6 Å². The van der Waals surface area contributed by atoms with Crippen LogP contribution in [0.5, 0.6) is 5.75 Å². The second-order valence-corrected chi connectivity index (χ2v) is 8.84. The van der Waals surface area contributed by atoms with Crippen molar-refractivity contribution in [3.05, 3.63) is 58.9 Å². The smallest absolute Gasteiger partial charge is 0.243 e. The summed E-state index contributed by atoms with van der Waals surface area (Å²) >= 11 is 6.11. The number of ether oxygens (including phenoxy) is 1. The molecule has 0 saturated carbocycles. The van der Waals surface area contributed by atoms with Crippen molar-refractivity contribution in [1.29, 1.82) is 0 Å². The van der Waals surface area contributed by atoms with Gasteiger partial charge in [-0.05, 0) is 55.7 Å². The van der Waals surface area contributed by atoms with Gasteiger partial charge < -0.3 is 10.1 Å². The van der Waals surface area contributed by atoms with Gasteiger partial charge in [0, 0.05) is 6.54 Å². The summed E-state index contributed by atoms with van der Waals surface area (Å²) in [7, 11) is -2.28. The highest BCUT2D eigenvalue weighted by Gasteiger charge is 2.29. The van der Waals surface area contributed by atoms with Crippen LogP contribution >= 0.6 is 11.6 Å². The highest BCUT2D eigenvalue weighted by Crippen LogP contribution is 2.31. The second kappa shape index (κ2) is 9.93. The summed E-state index contributed by atoms with van der Waals surface area (Å²) in [6, 6.07) is 9.71. The fourth-order valence-electron chi connectivity index (χ4n) is 2.90. The number of aryl methyl sites for hydroxylation is 1. The molecule has 0 heterocycles. The molecule has 2 aromatic rings. The number of hydrogen-bond donors (Lipinski definition) is 1. The zero-order valence-electron chi connectivity index (χ0n) is 16.5. The molecule has 0 aliphatic heterocycles. The first-order valence-corrected chi connectivity index (χ1v) is 11.2. The van der Waals surface area contributed by atoms with Crippen LogP contribution in [0, 0.1) is 5.82 Å². The summed E-state index contributed by atoms with van der Waals surface area (Å²) in [4.78, 5) is 12.5. The number of nitrogens with zero attached hydrogens (tertiary/aromatic N) is 1. The number of methoxy groups -OCH3 is 1. The summed E-state index contributed by atoms with van der Waals surface area (Å²) in [6.45, 7) is 1.87. The van der Waals surface area contributed by atoms with E-state index in [1.54, 1.807) is 18.2 Å². The van der Waals surface area contributed by atoms with E-state index in [2.05, 4.69) is 5.32 Å². The molecular formula is C20H24ClFN2O4S. The van der Waals surface area contributed by atoms with Crippen molar-refractivity contribution in [3.63, 3.8) is 0 Å². The van der Waals surface area contributed by atoms with Crippen molar-refractivity contribution in [2.24, 2.45) is 0 Å². The summed E-state index contributed by atoms with van der Waals surface area (Å²) in [5.41, 5.74) is 1.23. The van der Waals surface area contributed by atoms with Crippen LogP contribution in [0.15, 0.2) is 42.5 Å². The number of benzene rings is 2. The van der Waals surface area contributed by atoms with E-state index in [4.69, 9.17) is 16.3 Å². The van der Waals surface area contributed by atoms with Crippen LogP contribution in [0.4, 0.5) is 10.1 Å². The number of amides is 1. The molecule has 0 aliphatic rings. The molecule has 2 aromatic carbocycles. The fraction of sp³-hybridized carbons (Fsp3) is 0.350. The van der Waals surface area contributed by atoms with Crippen molar-refractivity contribution in [1.82, 2.24) is 5.32 Å². The molecular weight excluding hydrogens is 419 g/mol. The second-order valence-electron chi connectivity index (χ2n) is 6.57. The van der Waals surface area contributed by atoms with Gasteiger partial charge >= 0.3 is 0 Å². The first kappa shape index (κ1) is 23.0. The highest BCUT2D eigenvalue weighted by molar-refractivity contribution is 7.92. The molecule has 0 unspecified atom stereocenters. The molecule has 1 N–H and O–H groups in total. The molecule has 0 aliphatic carbocycles. The first-order chi connectivity index (χ1) is 13.6. The Morgan fingerprint density at radius 1 is 1.24 bits per heavy atom. The van der Waals surface area contributed by atoms with Gasteiger partial charge in [0.05, 0.1) is 24.1 Å². The fourth-order valence-corrected chi connectivity index (χ4v) is 4.32. The lowest BCUT2D eigenvalue weighted by molar-refractivity contribution is -0.121. The minimum atomic E-state index is -3.74. The number of carbonyl (C=O) groups excluding carboxylic acids is 1. The monoisotopic (exact) mass is 442 g/mol. The van der Waals surface area contributed by atoms with E-state index in [9.17, 15) is 17.6 Å². The van der Waals surface area contributed by atoms with Crippen LogP contribution in [-0.2, 0) is 21.2 Å². The molecule has 0 fully saturated rings. The predicted octanol–water partition coefficient (Wildman–Crippen LogP) is 3.39. The number of rotatable bonds is 9. The van der Waals surface area contributed by atoms with Crippen molar-refractivity contribution in [2.75, 3.05) is 24.2 Å². The minimum absolute atomic E-state index is 0.241. The van der Waals surface area contributed by atoms with E-state index >= 15 is 0 Å². The molecule has 1 amide bonds. The molecule has 0 aromatic heterocycles. The largest absolute Gasteiger partial charge is 0.495 e. The van der Waals surface area contributed by atoms with Gasteiger partial charge in [-0.1, -0.05) is 23.7 Å². The normalized spacial score (nSPS) is 12.3. The molecule has 1 atom stereocenters. The zero-order valence-corrected chi connectivity index (χ0v) is 18.1. The third-order valence-electron chi connectivity index (χ3n) is 4.33. The Kier molecular flexibility index (Phi) is 7.87. The number of sulfonamides is 1. The summed E-state index contributed by atoms with van der Waals surface area (Å²) in [5, 5.41) is 2.99. The van der Waals surface area contributed by atoms with Gasteiger partial charge in [0.2, 0.25) is 15.9 Å². The van der Waals surface area contributed by atoms with Crippen molar-refractivity contribution in [3.8, 4) is 5.75 Å². The molecule has 0 spiro atoms. The van der Waals surface area contributed by atoms with E-state index in [1.807, 2.05) is 0 Å². The maximum absolute atomic E-state index is 12.9. The molecule has 6 nitrogen and oxygen atoms in total. The quantitative estimate of drug-likeness (QED) is 0.604. The van der Waals surface area contributed by atoms with E-state index in [1.165, 1.54) is 38.3 Å². The van der Waals surface area contributed by atoms with Crippen molar-refractivity contribution < 1.29 is 22.3 Å². The van der Waals surface area contributed by atoms with Crippen LogP contribution in [0.25, 0.3) is 0 Å². The number of anilines is 1. The topological polar surface area (TPSA) is 75.7 Å². The van der Waals surface area contributed by atoms with Gasteiger partial charge in [0.15, 0.2) is 0 Å². The van der Waals surface area contributed by atoms with Crippen molar-refractivity contribution >= 4 is 33.2 Å². The predicted molar refractivity (Wildman–Crippen MR) is 113 cm³/mol. The Morgan fingerprint density at radius 3 is 2.45 bits per heavy atom. The molecule has 158 valence electrons. The lowest BCUT2D eigenvalue weighted by Crippen LogP contribution is -2.48. The van der Waals surface area contributed by atoms with Gasteiger partial charge in [0.25, 0.3) is 0 Å². The molecule has 29 heavy (non-hydrogen) atoms. The average Bonchev–Trinajstić information content (AvgIpc) is 2.65. The Morgan fingerprint density at radius 2 is 1.90 bits per heavy atom. The lowest BCUT2D eigenvalue weighted by atomic mass is 10.1. The molecule has 0 radical (unpaired) electrons.